The number of fused-ring (bicyclic) bond motifs is 1. The number of carbonyl (C=O) groups is 1. The Kier molecular flexibility index (Phi) is 7.39. The van der Waals surface area contributed by atoms with Crippen molar-refractivity contribution < 1.29 is 4.79 Å². The van der Waals surface area contributed by atoms with Crippen molar-refractivity contribution in [2.24, 2.45) is 5.41 Å². The van der Waals surface area contributed by atoms with Crippen LogP contribution in [0.3, 0.4) is 0 Å². The quantitative estimate of drug-likeness (QED) is 0.510. The predicted molar refractivity (Wildman–Crippen MR) is 134 cm³/mol. The first kappa shape index (κ1) is 23.4. The monoisotopic (exact) mass is 444 g/mol. The molecule has 3 aromatic rings. The minimum Gasteiger partial charge on any atom is -0.348 e. The number of hydrogen-bond acceptors (Lipinski definition) is 4. The number of pyridine rings is 2. The van der Waals surface area contributed by atoms with Gasteiger partial charge in [0.25, 0.3) is 0 Å². The third kappa shape index (κ3) is 6.38. The van der Waals surface area contributed by atoms with Gasteiger partial charge in [0.15, 0.2) is 0 Å². The number of carbonyl (C=O) groups excluding carboxylic acids is 1. The average molecular weight is 445 g/mol. The topological polar surface area (TPSA) is 58.1 Å². The largest absolute Gasteiger partial charge is 0.348 e. The number of piperidine rings is 1. The van der Waals surface area contributed by atoms with Gasteiger partial charge in [0.2, 0.25) is 5.91 Å². The molecule has 1 fully saturated rings. The van der Waals surface area contributed by atoms with Gasteiger partial charge < -0.3 is 5.32 Å². The number of likely N-dealkylation sites (tertiary alicyclic amines) is 1. The lowest BCUT2D eigenvalue weighted by molar-refractivity contribution is -0.123. The molecule has 0 aliphatic carbocycles. The fourth-order valence-corrected chi connectivity index (χ4v) is 4.89. The van der Waals surface area contributed by atoms with Crippen LogP contribution in [0, 0.1) is 5.41 Å². The Morgan fingerprint density at radius 3 is 2.70 bits per heavy atom. The highest BCUT2D eigenvalue weighted by atomic mass is 16.1. The lowest BCUT2D eigenvalue weighted by Crippen LogP contribution is -2.42. The van der Waals surface area contributed by atoms with E-state index in [4.69, 9.17) is 0 Å². The van der Waals surface area contributed by atoms with Crippen molar-refractivity contribution in [3.63, 3.8) is 0 Å². The van der Waals surface area contributed by atoms with Gasteiger partial charge >= 0.3 is 0 Å². The second-order valence-electron chi connectivity index (χ2n) is 10.5. The van der Waals surface area contributed by atoms with Crippen molar-refractivity contribution >= 4 is 16.8 Å². The molecule has 0 unspecified atom stereocenters. The fourth-order valence-electron chi connectivity index (χ4n) is 4.89. The lowest BCUT2D eigenvalue weighted by atomic mass is 9.90. The number of aromatic nitrogens is 2. The summed E-state index contributed by atoms with van der Waals surface area (Å²) in [6, 6.07) is 16.9. The minimum absolute atomic E-state index is 0.0436. The molecule has 0 radical (unpaired) electrons. The molecule has 5 heteroatoms. The van der Waals surface area contributed by atoms with Crippen molar-refractivity contribution in [1.82, 2.24) is 20.2 Å². The smallest absolute Gasteiger partial charge is 0.221 e. The van der Waals surface area contributed by atoms with E-state index in [0.717, 1.165) is 37.1 Å². The first-order chi connectivity index (χ1) is 15.9. The van der Waals surface area contributed by atoms with Crippen LogP contribution in [0.25, 0.3) is 10.9 Å². The third-order valence-electron chi connectivity index (χ3n) is 6.44. The molecule has 2 aromatic heterocycles. The van der Waals surface area contributed by atoms with E-state index in [2.05, 4.69) is 65.2 Å². The van der Waals surface area contributed by atoms with Crippen LogP contribution in [0.15, 0.2) is 60.9 Å². The summed E-state index contributed by atoms with van der Waals surface area (Å²) in [5, 5.41) is 4.54. The van der Waals surface area contributed by atoms with Crippen LogP contribution in [0.4, 0.5) is 0 Å². The fraction of sp³-hybridized carbons (Fsp3) is 0.464. The summed E-state index contributed by atoms with van der Waals surface area (Å²) < 4.78 is 0. The van der Waals surface area contributed by atoms with Crippen LogP contribution in [-0.2, 0) is 11.3 Å². The second-order valence-corrected chi connectivity index (χ2v) is 10.5. The highest BCUT2D eigenvalue weighted by Gasteiger charge is 2.29. The zero-order valence-corrected chi connectivity index (χ0v) is 20.1. The summed E-state index contributed by atoms with van der Waals surface area (Å²) in [5.41, 5.74) is 3.26. The molecule has 1 saturated heterocycles. The van der Waals surface area contributed by atoms with E-state index in [1.54, 1.807) is 0 Å². The second kappa shape index (κ2) is 10.4. The van der Waals surface area contributed by atoms with Gasteiger partial charge in [-0.15, -0.1) is 0 Å². The molecule has 1 amide bonds. The van der Waals surface area contributed by atoms with Crippen molar-refractivity contribution in [3.05, 3.63) is 72.2 Å². The Hall–Kier alpha value is -2.79. The lowest BCUT2D eigenvalue weighted by Gasteiger charge is -2.38. The van der Waals surface area contributed by atoms with Gasteiger partial charge in [-0.2, -0.15) is 0 Å². The zero-order chi connectivity index (χ0) is 23.3. The highest BCUT2D eigenvalue weighted by molar-refractivity contribution is 5.81. The van der Waals surface area contributed by atoms with E-state index in [-0.39, 0.29) is 17.4 Å². The molecule has 1 aliphatic rings. The first-order valence-electron chi connectivity index (χ1n) is 12.2. The van der Waals surface area contributed by atoms with Crippen LogP contribution in [-0.4, -0.2) is 33.4 Å². The third-order valence-corrected chi connectivity index (χ3v) is 6.44. The first-order valence-corrected chi connectivity index (χ1v) is 12.2. The number of benzene rings is 1. The molecule has 4 rings (SSSR count). The normalized spacial score (nSPS) is 18.2. The molecule has 1 aliphatic heterocycles. The van der Waals surface area contributed by atoms with Gasteiger partial charge in [-0.25, -0.2) is 0 Å². The molecule has 3 heterocycles. The van der Waals surface area contributed by atoms with Crippen LogP contribution < -0.4 is 5.32 Å². The highest BCUT2D eigenvalue weighted by Crippen LogP contribution is 2.29. The molecule has 0 saturated carbocycles. The number of nitrogens with one attached hydrogen (secondary N) is 1. The molecule has 0 bridgehead atoms. The Bertz CT molecular complexity index is 1050. The van der Waals surface area contributed by atoms with Gasteiger partial charge in [0.1, 0.15) is 0 Å². The average Bonchev–Trinajstić information content (AvgIpc) is 2.79. The molecule has 1 aromatic carbocycles. The summed E-state index contributed by atoms with van der Waals surface area (Å²) in [5.74, 6) is 0.0978. The summed E-state index contributed by atoms with van der Waals surface area (Å²) >= 11 is 0. The van der Waals surface area contributed by atoms with Crippen molar-refractivity contribution in [2.75, 3.05) is 6.54 Å². The summed E-state index contributed by atoms with van der Waals surface area (Å²) in [4.78, 5) is 24.6. The maximum Gasteiger partial charge on any atom is 0.221 e. The standard InChI is InChI=1S/C28H36N4O/c1-28(2,3)19-27(33)31-26(25-13-4-6-15-30-25)18-22-11-5-7-17-32(22)20-21-10-8-14-24-23(21)12-9-16-29-24/h4,6,8-10,12-16,22,26H,5,7,11,17-20H2,1-3H3,(H,31,33)/t22-,26-/m0/s1. The number of rotatable bonds is 7. The van der Waals surface area contributed by atoms with E-state index in [9.17, 15) is 4.79 Å². The van der Waals surface area contributed by atoms with Crippen molar-refractivity contribution in [2.45, 2.75) is 71.5 Å². The van der Waals surface area contributed by atoms with E-state index in [1.165, 1.54) is 23.8 Å². The predicted octanol–water partition coefficient (Wildman–Crippen LogP) is 5.67. The van der Waals surface area contributed by atoms with E-state index >= 15 is 0 Å². The van der Waals surface area contributed by atoms with Gasteiger partial charge in [-0.3, -0.25) is 19.7 Å². The zero-order valence-electron chi connectivity index (χ0n) is 20.1. The van der Waals surface area contributed by atoms with Crippen LogP contribution in [0.2, 0.25) is 0 Å². The minimum atomic E-state index is -0.0826. The van der Waals surface area contributed by atoms with E-state index < -0.39 is 0 Å². The molecular weight excluding hydrogens is 408 g/mol. The van der Waals surface area contributed by atoms with Gasteiger partial charge in [0.05, 0.1) is 17.3 Å². The Labute approximate surface area is 197 Å². The van der Waals surface area contributed by atoms with Gasteiger partial charge in [-0.05, 0) is 61.1 Å². The van der Waals surface area contributed by atoms with Crippen LogP contribution >= 0.6 is 0 Å². The summed E-state index contributed by atoms with van der Waals surface area (Å²) in [7, 11) is 0. The number of hydrogen-bond donors (Lipinski definition) is 1. The van der Waals surface area contributed by atoms with Crippen LogP contribution in [0.1, 0.15) is 70.2 Å². The summed E-state index contributed by atoms with van der Waals surface area (Å²) in [6.45, 7) is 8.28. The SMILES string of the molecule is CC(C)(C)CC(=O)N[C@@H](C[C@@H]1CCCCN1Cc1cccc2ncccc12)c1ccccn1. The van der Waals surface area contributed by atoms with Crippen LogP contribution in [0.5, 0.6) is 0 Å². The Morgan fingerprint density at radius 2 is 1.91 bits per heavy atom. The molecule has 0 spiro atoms. The van der Waals surface area contributed by atoms with Crippen molar-refractivity contribution in [3.8, 4) is 0 Å². The number of nitrogens with zero attached hydrogens (tertiary/aromatic N) is 3. The van der Waals surface area contributed by atoms with Crippen molar-refractivity contribution in [1.29, 1.82) is 0 Å². The molecule has 2 atom stereocenters. The molecular formula is C28H36N4O. The maximum atomic E-state index is 12.8. The van der Waals surface area contributed by atoms with Gasteiger partial charge in [0, 0.05) is 36.8 Å². The molecule has 33 heavy (non-hydrogen) atoms. The molecule has 174 valence electrons. The Morgan fingerprint density at radius 1 is 1.06 bits per heavy atom. The maximum absolute atomic E-state index is 12.8. The Balaban J connectivity index is 1.54. The van der Waals surface area contributed by atoms with E-state index in [0.29, 0.717) is 12.5 Å². The molecule has 5 nitrogen and oxygen atoms in total. The number of amides is 1. The van der Waals surface area contributed by atoms with E-state index in [1.807, 2.05) is 36.7 Å². The summed E-state index contributed by atoms with van der Waals surface area (Å²) in [6.07, 6.45) is 8.63. The molecule has 1 N–H and O–H groups in total. The van der Waals surface area contributed by atoms with Gasteiger partial charge in [-0.1, -0.05) is 51.5 Å².